The molecule has 1 aromatic heterocycles. The van der Waals surface area contributed by atoms with Crippen LogP contribution in [0.3, 0.4) is 0 Å². The van der Waals surface area contributed by atoms with Crippen LogP contribution in [0.25, 0.3) is 0 Å². The number of ether oxygens (including phenoxy) is 2. The fraction of sp³-hybridized carbons (Fsp3) is 0.0952. The molecule has 0 unspecified atom stereocenters. The van der Waals surface area contributed by atoms with E-state index in [9.17, 15) is 14.4 Å². The largest absolute Gasteiger partial charge is 0.496 e. The number of hydrogen-bond acceptors (Lipinski definition) is 6. The first-order valence-electron chi connectivity index (χ1n) is 8.21. The third-order valence-electron chi connectivity index (χ3n) is 4.29. The Labute approximate surface area is 159 Å². The SMILES string of the molecule is COc1cccc2c1C(=O)c1sc(C(=O)COc3ccccc3)cc1C2=O. The van der Waals surface area contributed by atoms with Crippen LogP contribution in [0.15, 0.2) is 54.6 Å². The molecule has 0 saturated carbocycles. The van der Waals surface area contributed by atoms with Crippen molar-refractivity contribution in [3.63, 3.8) is 0 Å². The Morgan fingerprint density at radius 3 is 2.48 bits per heavy atom. The molecular weight excluding hydrogens is 364 g/mol. The smallest absolute Gasteiger partial charge is 0.210 e. The van der Waals surface area contributed by atoms with Gasteiger partial charge in [0.1, 0.15) is 11.5 Å². The van der Waals surface area contributed by atoms with E-state index in [0.29, 0.717) is 21.9 Å². The Morgan fingerprint density at radius 1 is 0.963 bits per heavy atom. The van der Waals surface area contributed by atoms with Crippen molar-refractivity contribution in [1.82, 2.24) is 0 Å². The Hall–Kier alpha value is -3.25. The molecule has 4 rings (SSSR count). The van der Waals surface area contributed by atoms with Crippen LogP contribution in [0.5, 0.6) is 11.5 Å². The number of benzene rings is 2. The van der Waals surface area contributed by atoms with Crippen molar-refractivity contribution in [3.05, 3.63) is 81.0 Å². The molecule has 5 nitrogen and oxygen atoms in total. The summed E-state index contributed by atoms with van der Waals surface area (Å²) in [6.45, 7) is -0.165. The first-order valence-corrected chi connectivity index (χ1v) is 9.03. The lowest BCUT2D eigenvalue weighted by molar-refractivity contribution is 0.0925. The number of methoxy groups -OCH3 is 1. The number of fused-ring (bicyclic) bond motifs is 2. The highest BCUT2D eigenvalue weighted by Gasteiger charge is 2.35. The number of carbonyl (C=O) groups is 3. The predicted octanol–water partition coefficient (Wildman–Crippen LogP) is 3.79. The van der Waals surface area contributed by atoms with Crippen LogP contribution in [-0.4, -0.2) is 31.1 Å². The average molecular weight is 378 g/mol. The standard InChI is InChI=1S/C21H14O5S/c1-25-16-9-5-8-13-18(16)20(24)21-14(19(13)23)10-17(27-21)15(22)11-26-12-6-3-2-4-7-12/h2-10H,11H2,1H3. The summed E-state index contributed by atoms with van der Waals surface area (Å²) in [6.07, 6.45) is 0. The summed E-state index contributed by atoms with van der Waals surface area (Å²) in [5.74, 6) is 0.0689. The Kier molecular flexibility index (Phi) is 4.33. The lowest BCUT2D eigenvalue weighted by atomic mass is 9.88. The van der Waals surface area contributed by atoms with E-state index in [2.05, 4.69) is 0 Å². The second-order valence-electron chi connectivity index (χ2n) is 5.92. The van der Waals surface area contributed by atoms with E-state index in [0.717, 1.165) is 11.3 Å². The molecule has 1 aliphatic carbocycles. The molecule has 3 aromatic rings. The summed E-state index contributed by atoms with van der Waals surface area (Å²) in [4.78, 5) is 38.7. The monoisotopic (exact) mass is 378 g/mol. The quantitative estimate of drug-likeness (QED) is 0.494. The van der Waals surface area contributed by atoms with Gasteiger partial charge in [-0.1, -0.05) is 30.3 Å². The molecule has 0 spiro atoms. The summed E-state index contributed by atoms with van der Waals surface area (Å²) < 4.78 is 10.7. The molecule has 2 aromatic carbocycles. The van der Waals surface area contributed by atoms with Gasteiger partial charge >= 0.3 is 0 Å². The van der Waals surface area contributed by atoms with Crippen molar-refractivity contribution >= 4 is 28.7 Å². The third-order valence-corrected chi connectivity index (χ3v) is 5.46. The van der Waals surface area contributed by atoms with Crippen molar-refractivity contribution in [1.29, 1.82) is 0 Å². The minimum Gasteiger partial charge on any atom is -0.496 e. The van der Waals surface area contributed by atoms with Gasteiger partial charge in [0.2, 0.25) is 11.6 Å². The maximum Gasteiger partial charge on any atom is 0.210 e. The highest BCUT2D eigenvalue weighted by molar-refractivity contribution is 7.16. The maximum atomic E-state index is 12.9. The van der Waals surface area contributed by atoms with Gasteiger partial charge in [-0.2, -0.15) is 0 Å². The fourth-order valence-electron chi connectivity index (χ4n) is 2.99. The first-order chi connectivity index (χ1) is 13.1. The van der Waals surface area contributed by atoms with Crippen molar-refractivity contribution < 1.29 is 23.9 Å². The third kappa shape index (κ3) is 2.94. The van der Waals surface area contributed by atoms with Gasteiger partial charge in [-0.15, -0.1) is 11.3 Å². The van der Waals surface area contributed by atoms with E-state index in [1.165, 1.54) is 13.2 Å². The van der Waals surface area contributed by atoms with Crippen LogP contribution >= 0.6 is 11.3 Å². The minimum absolute atomic E-state index is 0.165. The van der Waals surface area contributed by atoms with Gasteiger partial charge in [-0.3, -0.25) is 14.4 Å². The van der Waals surface area contributed by atoms with Crippen molar-refractivity contribution in [3.8, 4) is 11.5 Å². The van der Waals surface area contributed by atoms with E-state index in [1.54, 1.807) is 30.3 Å². The van der Waals surface area contributed by atoms with Crippen LogP contribution in [0.2, 0.25) is 0 Å². The van der Waals surface area contributed by atoms with Crippen molar-refractivity contribution in [2.24, 2.45) is 0 Å². The lowest BCUT2D eigenvalue weighted by Crippen LogP contribution is -2.19. The van der Waals surface area contributed by atoms with E-state index in [4.69, 9.17) is 9.47 Å². The van der Waals surface area contributed by atoms with E-state index in [1.807, 2.05) is 18.2 Å². The Morgan fingerprint density at radius 2 is 1.74 bits per heavy atom. The molecular formula is C21H14O5S. The van der Waals surface area contributed by atoms with Crippen LogP contribution in [0.4, 0.5) is 0 Å². The minimum atomic E-state index is -0.301. The highest BCUT2D eigenvalue weighted by atomic mass is 32.1. The van der Waals surface area contributed by atoms with Crippen LogP contribution in [0, 0.1) is 0 Å². The summed E-state index contributed by atoms with van der Waals surface area (Å²) in [5, 5.41) is 0. The van der Waals surface area contributed by atoms with Gasteiger partial charge in [0, 0.05) is 11.1 Å². The molecule has 0 saturated heterocycles. The van der Waals surface area contributed by atoms with Gasteiger partial charge in [0.05, 0.1) is 22.4 Å². The number of thiophene rings is 1. The zero-order chi connectivity index (χ0) is 19.0. The molecule has 0 atom stereocenters. The molecule has 1 aliphatic rings. The zero-order valence-electron chi connectivity index (χ0n) is 14.4. The molecule has 0 fully saturated rings. The molecule has 134 valence electrons. The van der Waals surface area contributed by atoms with Gasteiger partial charge in [0.25, 0.3) is 0 Å². The summed E-state index contributed by atoms with van der Waals surface area (Å²) in [6, 6.07) is 15.4. The molecule has 0 aliphatic heterocycles. The highest BCUT2D eigenvalue weighted by Crippen LogP contribution is 2.37. The molecule has 27 heavy (non-hydrogen) atoms. The Bertz CT molecular complexity index is 1070. The molecule has 0 N–H and O–H groups in total. The van der Waals surface area contributed by atoms with Gasteiger partial charge < -0.3 is 9.47 Å². The predicted molar refractivity (Wildman–Crippen MR) is 100 cm³/mol. The van der Waals surface area contributed by atoms with Gasteiger partial charge in [-0.05, 0) is 24.3 Å². The molecule has 0 bridgehead atoms. The molecule has 0 radical (unpaired) electrons. The maximum absolute atomic E-state index is 12.9. The molecule has 0 amide bonds. The van der Waals surface area contributed by atoms with Crippen molar-refractivity contribution in [2.45, 2.75) is 0 Å². The van der Waals surface area contributed by atoms with E-state index < -0.39 is 0 Å². The number of carbonyl (C=O) groups excluding carboxylic acids is 3. The number of hydrogen-bond donors (Lipinski definition) is 0. The summed E-state index contributed by atoms with van der Waals surface area (Å²) in [7, 11) is 1.45. The molecule has 1 heterocycles. The lowest BCUT2D eigenvalue weighted by Gasteiger charge is -2.16. The number of para-hydroxylation sites is 1. The van der Waals surface area contributed by atoms with Crippen molar-refractivity contribution in [2.75, 3.05) is 13.7 Å². The summed E-state index contributed by atoms with van der Waals surface area (Å²) >= 11 is 1.02. The first kappa shape index (κ1) is 17.2. The normalized spacial score (nSPS) is 12.3. The van der Waals surface area contributed by atoms with E-state index >= 15 is 0 Å². The second-order valence-corrected chi connectivity index (χ2v) is 6.97. The number of Topliss-reactive ketones (excluding diaryl/α,β-unsaturated/α-hetero) is 1. The summed E-state index contributed by atoms with van der Waals surface area (Å²) in [5.41, 5.74) is 0.803. The van der Waals surface area contributed by atoms with Crippen LogP contribution in [0.1, 0.15) is 40.8 Å². The van der Waals surface area contributed by atoms with Crippen LogP contribution < -0.4 is 9.47 Å². The fourth-order valence-corrected chi connectivity index (χ4v) is 4.01. The molecule has 6 heteroatoms. The zero-order valence-corrected chi connectivity index (χ0v) is 15.2. The van der Waals surface area contributed by atoms with E-state index in [-0.39, 0.29) is 40.0 Å². The Balaban J connectivity index is 1.64. The average Bonchev–Trinajstić information content (AvgIpc) is 3.16. The second kappa shape index (κ2) is 6.81. The van der Waals surface area contributed by atoms with Gasteiger partial charge in [-0.25, -0.2) is 0 Å². The number of rotatable bonds is 5. The van der Waals surface area contributed by atoms with Crippen LogP contribution in [-0.2, 0) is 0 Å². The topological polar surface area (TPSA) is 69.7 Å². The number of ketones is 3. The van der Waals surface area contributed by atoms with Gasteiger partial charge in [0.15, 0.2) is 12.4 Å².